The van der Waals surface area contributed by atoms with E-state index in [4.69, 9.17) is 11.5 Å². The number of hydrogen-bond acceptors (Lipinski definition) is 22. The molecular weight excluding hydrogens is 1430 g/mol. The van der Waals surface area contributed by atoms with E-state index in [-0.39, 0.29) is 123 Å². The number of para-hydroxylation sites is 1. The standard InChI is InChI=1S/C68H102N20O19S/c1-37(2)23-47(64(103)79-45(60(70)99)13-22-108-6)80-65(104)49(25-41-29-71-36-74-41)78-54(91)30-73-67(106)59(38(3)4)83-61(100)39(5)75-63(102)48(24-40-28-72-44-10-8-7-9-43(40)44)81-62(101)46(11-12-52(69)89)77-53(90)27-50-68(107)88-31-42(26-51(88)66(105)82-50)76-55(92)32-84-14-16-85(33-56(93)94)18-20-87(35-58(97)98)21-19-86(17-15-84)34-57(95)96/h7-10,28-29,36-39,42,45-51,59,72H,11-27,30-35H2,1-6H3,(H2,69,89)(H2,70,99)(H,71,74)(H,73,106)(H,75,102)(H,76,92)(H,77,90)(H,78,91)(H,79,103)(H,80,104)(H,81,101)(H,82,105)(H,83,100)(H,93,94)(H,95,96)(H,97,98)/t39-,42-,45-,46-,47-,48-,49-,50-,51?,59-/m0/s1. The minimum Gasteiger partial charge on any atom is -0.480 e. The Kier molecular flexibility index (Phi) is 33.9. The van der Waals surface area contributed by atoms with Crippen LogP contribution >= 0.6 is 11.8 Å². The predicted octanol–water partition coefficient (Wildman–Crippen LogP) is -6.14. The molecule has 3 aromatic rings. The van der Waals surface area contributed by atoms with Crippen LogP contribution in [0.3, 0.4) is 0 Å². The van der Waals surface area contributed by atoms with Gasteiger partial charge in [0.2, 0.25) is 76.8 Å². The van der Waals surface area contributed by atoms with Gasteiger partial charge in [-0.1, -0.05) is 45.9 Å². The summed E-state index contributed by atoms with van der Waals surface area (Å²) in [6.45, 7) is 7.16. The van der Waals surface area contributed by atoms with E-state index in [0.29, 0.717) is 27.9 Å². The van der Waals surface area contributed by atoms with Gasteiger partial charge in [-0.25, -0.2) is 4.98 Å². The van der Waals surface area contributed by atoms with Crippen LogP contribution in [-0.4, -0.2) is 314 Å². The molecule has 3 saturated heterocycles. The highest BCUT2D eigenvalue weighted by atomic mass is 32.2. The summed E-state index contributed by atoms with van der Waals surface area (Å²) in [5.41, 5.74) is 12.7. The summed E-state index contributed by atoms with van der Waals surface area (Å²) in [4.78, 5) is 231. The number of amides is 13. The number of rotatable bonds is 40. The summed E-state index contributed by atoms with van der Waals surface area (Å²) in [7, 11) is 0. The Morgan fingerprint density at radius 1 is 0.611 bits per heavy atom. The Morgan fingerprint density at radius 3 is 1.71 bits per heavy atom. The number of nitrogens with two attached hydrogens (primary N) is 2. The number of fused-ring (bicyclic) bond motifs is 2. The third-order valence-corrected chi connectivity index (χ3v) is 19.0. The second-order valence-corrected chi connectivity index (χ2v) is 28.8. The number of nitrogens with zero attached hydrogens (tertiary/aromatic N) is 6. The second kappa shape index (κ2) is 42.3. The first-order valence-corrected chi connectivity index (χ1v) is 37.0. The predicted molar refractivity (Wildman–Crippen MR) is 389 cm³/mol. The Hall–Kier alpha value is -10.3. The highest BCUT2D eigenvalue weighted by molar-refractivity contribution is 7.98. The Bertz CT molecular complexity index is 3660. The first-order valence-electron chi connectivity index (χ1n) is 35.6. The van der Waals surface area contributed by atoms with E-state index in [0.717, 1.165) is 0 Å². The molecule has 5 heterocycles. The number of hydrogen-bond donors (Lipinski definition) is 17. The number of imidazole rings is 1. The van der Waals surface area contributed by atoms with Crippen LogP contribution in [0.15, 0.2) is 43.0 Å². The van der Waals surface area contributed by atoms with E-state index < -0.39 is 187 Å². The summed E-state index contributed by atoms with van der Waals surface area (Å²) in [6, 6.07) is -5.65. The van der Waals surface area contributed by atoms with Gasteiger partial charge < -0.3 is 94.8 Å². The van der Waals surface area contributed by atoms with Crippen LogP contribution in [0.5, 0.6) is 0 Å². The number of carbonyl (C=O) groups excluding carboxylic acids is 13. The number of nitrogens with one attached hydrogen (secondary N) is 12. The number of H-pyrrole nitrogens is 2. The molecule has 6 rings (SSSR count). The van der Waals surface area contributed by atoms with Crippen LogP contribution in [0.2, 0.25) is 0 Å². The molecule has 3 aliphatic rings. The minimum atomic E-state index is -1.60. The van der Waals surface area contributed by atoms with Crippen LogP contribution in [0.4, 0.5) is 0 Å². The van der Waals surface area contributed by atoms with Crippen molar-refractivity contribution in [3.63, 3.8) is 0 Å². The van der Waals surface area contributed by atoms with Gasteiger partial charge in [-0.3, -0.25) is 96.3 Å². The molecule has 13 amide bonds. The average Bonchev–Trinajstić information content (AvgIpc) is 1.60. The maximum absolute atomic E-state index is 14.5. The lowest BCUT2D eigenvalue weighted by molar-refractivity contribution is -0.148. The molecule has 0 aliphatic carbocycles. The second-order valence-electron chi connectivity index (χ2n) is 27.8. The van der Waals surface area contributed by atoms with E-state index in [1.807, 2.05) is 20.1 Å². The zero-order valence-corrected chi connectivity index (χ0v) is 62.2. The topological polar surface area (TPSA) is 567 Å². The van der Waals surface area contributed by atoms with Crippen LogP contribution in [0.25, 0.3) is 10.9 Å². The highest BCUT2D eigenvalue weighted by Crippen LogP contribution is 2.25. The van der Waals surface area contributed by atoms with E-state index in [1.54, 1.807) is 63.9 Å². The van der Waals surface area contributed by atoms with Crippen molar-refractivity contribution >= 4 is 117 Å². The minimum absolute atomic E-state index is 0.0209. The largest absolute Gasteiger partial charge is 0.480 e. The number of primary amides is 2. The summed E-state index contributed by atoms with van der Waals surface area (Å²) in [6.07, 6.45) is 4.62. The van der Waals surface area contributed by atoms with Crippen LogP contribution in [-0.2, 0) is 89.6 Å². The third-order valence-electron chi connectivity index (χ3n) is 18.4. The molecule has 10 atom stereocenters. The molecule has 108 heavy (non-hydrogen) atoms. The normalized spacial score (nSPS) is 18.9. The number of carboxylic acids is 3. The number of piperazine rings is 1. The molecule has 2 aromatic heterocycles. The molecular formula is C68H102N20O19S. The van der Waals surface area contributed by atoms with E-state index >= 15 is 0 Å². The molecule has 3 fully saturated rings. The molecule has 1 aromatic carbocycles. The molecule has 3 aliphatic heterocycles. The number of carboxylic acid groups (broad SMARTS) is 3. The summed E-state index contributed by atoms with van der Waals surface area (Å²) >= 11 is 1.45. The van der Waals surface area contributed by atoms with Gasteiger partial charge in [0.05, 0.1) is 45.5 Å². The zero-order valence-electron chi connectivity index (χ0n) is 61.4. The SMILES string of the molecule is CSCC[C@H](NC(=O)[C@H](CC(C)C)NC(=O)[C@H](Cc1cnc[nH]1)NC(=O)CNC(=O)[C@@H](NC(=O)[C@H](C)NC(=O)[C@H](Cc1c[nH]c2ccccc12)NC(=O)[C@H](CCC(N)=O)NC(=O)C[C@@H]1NC(=O)C2C[C@H](NC(=O)CN3CCN(CC(=O)O)CCN(CC(=O)O)CCN(CC(=O)O)CC3)CN2C1=O)C(C)C)C(N)=O. The van der Waals surface area contributed by atoms with Crippen molar-refractivity contribution < 1.29 is 92.0 Å². The van der Waals surface area contributed by atoms with Crippen molar-refractivity contribution in [1.29, 1.82) is 0 Å². The van der Waals surface area contributed by atoms with Crippen molar-refractivity contribution in [2.45, 2.75) is 146 Å². The molecule has 40 heteroatoms. The molecule has 0 radical (unpaired) electrons. The van der Waals surface area contributed by atoms with Gasteiger partial charge in [0.15, 0.2) is 0 Å². The van der Waals surface area contributed by atoms with Crippen molar-refractivity contribution in [3.05, 3.63) is 54.2 Å². The van der Waals surface area contributed by atoms with Gasteiger partial charge >= 0.3 is 17.9 Å². The van der Waals surface area contributed by atoms with Crippen molar-refractivity contribution in [1.82, 2.24) is 92.6 Å². The molecule has 39 nitrogen and oxygen atoms in total. The van der Waals surface area contributed by atoms with Crippen LogP contribution in [0, 0.1) is 11.8 Å². The first-order chi connectivity index (χ1) is 51.2. The fourth-order valence-electron chi connectivity index (χ4n) is 12.7. The molecule has 0 bridgehead atoms. The highest BCUT2D eigenvalue weighted by Gasteiger charge is 2.48. The third kappa shape index (κ3) is 28.1. The van der Waals surface area contributed by atoms with Crippen molar-refractivity contribution in [3.8, 4) is 0 Å². The summed E-state index contributed by atoms with van der Waals surface area (Å²) < 4.78 is 0. The Morgan fingerprint density at radius 2 is 1.16 bits per heavy atom. The lowest BCUT2D eigenvalue weighted by Crippen LogP contribution is -2.62. The molecule has 0 saturated carbocycles. The lowest BCUT2D eigenvalue weighted by Gasteiger charge is -2.34. The molecule has 594 valence electrons. The smallest absolute Gasteiger partial charge is 0.317 e. The number of thioether (sulfide) groups is 1. The average molecular weight is 1540 g/mol. The lowest BCUT2D eigenvalue weighted by atomic mass is 10.0. The Labute approximate surface area is 627 Å². The van der Waals surface area contributed by atoms with Gasteiger partial charge in [0.25, 0.3) is 0 Å². The quantitative estimate of drug-likeness (QED) is 0.0252. The number of carbonyl (C=O) groups is 16. The fraction of sp³-hybridized carbons (Fsp3) is 0.603. The monoisotopic (exact) mass is 1530 g/mol. The van der Waals surface area contributed by atoms with Gasteiger partial charge in [0, 0.05) is 113 Å². The van der Waals surface area contributed by atoms with Gasteiger partial charge in [-0.2, -0.15) is 11.8 Å². The molecule has 1 unspecified atom stereocenters. The zero-order chi connectivity index (χ0) is 79.5. The Balaban J connectivity index is 1.08. The number of aliphatic carboxylic acids is 3. The number of aromatic nitrogens is 3. The maximum Gasteiger partial charge on any atom is 0.317 e. The van der Waals surface area contributed by atoms with Crippen LogP contribution in [0.1, 0.15) is 84.4 Å². The number of aromatic amines is 2. The van der Waals surface area contributed by atoms with E-state index in [9.17, 15) is 92.0 Å². The van der Waals surface area contributed by atoms with Crippen molar-refractivity contribution in [2.24, 2.45) is 23.3 Å². The first kappa shape index (κ1) is 86.6. The van der Waals surface area contributed by atoms with Gasteiger partial charge in [-0.15, -0.1) is 0 Å². The maximum atomic E-state index is 14.5. The van der Waals surface area contributed by atoms with Crippen molar-refractivity contribution in [2.75, 3.05) is 104 Å². The molecule has 19 N–H and O–H groups in total. The fourth-order valence-corrected chi connectivity index (χ4v) is 13.1. The summed E-state index contributed by atoms with van der Waals surface area (Å²) in [5, 5.41) is 55.5. The number of benzene rings is 1. The summed E-state index contributed by atoms with van der Waals surface area (Å²) in [5.74, 6) is -14.0. The van der Waals surface area contributed by atoms with Crippen LogP contribution < -0.4 is 64.6 Å². The van der Waals surface area contributed by atoms with E-state index in [2.05, 4.69) is 68.1 Å². The van der Waals surface area contributed by atoms with Gasteiger partial charge in [-0.05, 0) is 68.1 Å². The molecule has 0 spiro atoms. The van der Waals surface area contributed by atoms with E-state index in [1.165, 1.54) is 36.1 Å². The van der Waals surface area contributed by atoms with Gasteiger partial charge in [0.1, 0.15) is 54.4 Å².